The second-order valence-corrected chi connectivity index (χ2v) is 6.18. The first-order valence-corrected chi connectivity index (χ1v) is 8.59. The van der Waals surface area contributed by atoms with Crippen molar-refractivity contribution in [2.45, 2.75) is 19.4 Å². The van der Waals surface area contributed by atoms with Crippen molar-refractivity contribution in [1.29, 1.82) is 0 Å². The van der Waals surface area contributed by atoms with Crippen LogP contribution in [0.3, 0.4) is 0 Å². The average molecular weight is 353 g/mol. The van der Waals surface area contributed by atoms with E-state index in [0.717, 1.165) is 11.1 Å². The number of benzene rings is 1. The van der Waals surface area contributed by atoms with Gasteiger partial charge in [0.05, 0.1) is 12.6 Å². The maximum Gasteiger partial charge on any atom is 0.351 e. The van der Waals surface area contributed by atoms with E-state index in [1.54, 1.807) is 7.05 Å². The van der Waals surface area contributed by atoms with E-state index >= 15 is 0 Å². The average Bonchev–Trinajstić information content (AvgIpc) is 2.99. The summed E-state index contributed by atoms with van der Waals surface area (Å²) in [4.78, 5) is 20.9. The SMILES string of the molecule is CCC(CO)Nc1nc(=O)n(C)c2nc(/C=C/c3ccccc3)n(C)c12. The highest BCUT2D eigenvalue weighted by Crippen LogP contribution is 2.22. The third-order valence-corrected chi connectivity index (χ3v) is 4.43. The van der Waals surface area contributed by atoms with Crippen LogP contribution in [0.15, 0.2) is 35.1 Å². The van der Waals surface area contributed by atoms with Crippen molar-refractivity contribution in [2.75, 3.05) is 11.9 Å². The lowest BCUT2D eigenvalue weighted by molar-refractivity contribution is 0.271. The zero-order valence-corrected chi connectivity index (χ0v) is 15.2. The lowest BCUT2D eigenvalue weighted by Gasteiger charge is -2.16. The molecule has 3 rings (SSSR count). The molecule has 0 aliphatic heterocycles. The van der Waals surface area contributed by atoms with E-state index in [1.807, 2.05) is 61.0 Å². The van der Waals surface area contributed by atoms with E-state index in [9.17, 15) is 9.90 Å². The van der Waals surface area contributed by atoms with Crippen LogP contribution in [0.2, 0.25) is 0 Å². The van der Waals surface area contributed by atoms with Gasteiger partial charge < -0.3 is 15.0 Å². The van der Waals surface area contributed by atoms with Crippen LogP contribution in [0.1, 0.15) is 24.7 Å². The molecular weight excluding hydrogens is 330 g/mol. The molecule has 0 saturated carbocycles. The molecule has 1 atom stereocenters. The largest absolute Gasteiger partial charge is 0.394 e. The van der Waals surface area contributed by atoms with Gasteiger partial charge in [0.15, 0.2) is 11.5 Å². The minimum atomic E-state index is -0.385. The minimum Gasteiger partial charge on any atom is -0.394 e. The number of aliphatic hydroxyl groups is 1. The second-order valence-electron chi connectivity index (χ2n) is 6.18. The van der Waals surface area contributed by atoms with Gasteiger partial charge in [-0.2, -0.15) is 4.98 Å². The number of fused-ring (bicyclic) bond motifs is 1. The van der Waals surface area contributed by atoms with Gasteiger partial charge >= 0.3 is 5.69 Å². The van der Waals surface area contributed by atoms with Crippen molar-refractivity contribution >= 4 is 29.1 Å². The smallest absolute Gasteiger partial charge is 0.351 e. The molecule has 0 amide bonds. The van der Waals surface area contributed by atoms with Gasteiger partial charge in [0, 0.05) is 14.1 Å². The molecule has 0 bridgehead atoms. The number of hydrogen-bond donors (Lipinski definition) is 2. The fraction of sp³-hybridized carbons (Fsp3) is 0.316. The van der Waals surface area contributed by atoms with E-state index in [0.29, 0.717) is 23.7 Å². The first-order valence-electron chi connectivity index (χ1n) is 8.59. The summed E-state index contributed by atoms with van der Waals surface area (Å²) in [5, 5.41) is 12.6. The molecule has 7 heteroatoms. The molecule has 3 aromatic rings. The van der Waals surface area contributed by atoms with Crippen LogP contribution in [-0.4, -0.2) is 36.9 Å². The summed E-state index contributed by atoms with van der Waals surface area (Å²) in [6.07, 6.45) is 4.60. The van der Waals surface area contributed by atoms with Gasteiger partial charge in [-0.3, -0.25) is 4.57 Å². The second kappa shape index (κ2) is 7.53. The Morgan fingerprint density at radius 3 is 2.54 bits per heavy atom. The lowest BCUT2D eigenvalue weighted by Crippen LogP contribution is -2.28. The summed E-state index contributed by atoms with van der Waals surface area (Å²) in [6.45, 7) is 1.93. The molecule has 2 N–H and O–H groups in total. The number of rotatable bonds is 6. The van der Waals surface area contributed by atoms with Crippen molar-refractivity contribution in [3.8, 4) is 0 Å². The fourth-order valence-corrected chi connectivity index (χ4v) is 2.77. The van der Waals surface area contributed by atoms with Crippen LogP contribution in [0.4, 0.5) is 5.82 Å². The molecular formula is C19H23N5O2. The number of imidazole rings is 1. The summed E-state index contributed by atoms with van der Waals surface area (Å²) in [5.41, 5.74) is 1.96. The molecule has 2 heterocycles. The van der Waals surface area contributed by atoms with E-state index in [-0.39, 0.29) is 18.3 Å². The Bertz CT molecular complexity index is 985. The molecule has 1 aromatic carbocycles. The quantitative estimate of drug-likeness (QED) is 0.708. The van der Waals surface area contributed by atoms with E-state index in [4.69, 9.17) is 0 Å². The molecule has 0 aliphatic carbocycles. The number of aryl methyl sites for hydroxylation is 2. The lowest BCUT2D eigenvalue weighted by atomic mass is 10.2. The first kappa shape index (κ1) is 17.9. The maximum absolute atomic E-state index is 12.2. The maximum atomic E-state index is 12.2. The van der Waals surface area contributed by atoms with Gasteiger partial charge in [-0.15, -0.1) is 0 Å². The van der Waals surface area contributed by atoms with Crippen LogP contribution < -0.4 is 11.0 Å². The molecule has 0 saturated heterocycles. The Morgan fingerprint density at radius 2 is 1.88 bits per heavy atom. The zero-order valence-electron chi connectivity index (χ0n) is 15.2. The van der Waals surface area contributed by atoms with E-state index in [2.05, 4.69) is 15.3 Å². The van der Waals surface area contributed by atoms with Crippen LogP contribution >= 0.6 is 0 Å². The number of nitrogens with one attached hydrogen (secondary N) is 1. The number of hydrogen-bond acceptors (Lipinski definition) is 5. The zero-order chi connectivity index (χ0) is 18.7. The molecule has 2 aromatic heterocycles. The Labute approximate surface area is 151 Å². The number of aliphatic hydroxyl groups excluding tert-OH is 1. The predicted molar refractivity (Wildman–Crippen MR) is 104 cm³/mol. The number of nitrogens with zero attached hydrogens (tertiary/aromatic N) is 4. The van der Waals surface area contributed by atoms with Crippen molar-refractivity contribution < 1.29 is 5.11 Å². The molecule has 26 heavy (non-hydrogen) atoms. The van der Waals surface area contributed by atoms with E-state index < -0.39 is 0 Å². The highest BCUT2D eigenvalue weighted by Gasteiger charge is 2.17. The van der Waals surface area contributed by atoms with Gasteiger partial charge in [0.1, 0.15) is 11.3 Å². The molecule has 0 radical (unpaired) electrons. The number of aromatic nitrogens is 4. The highest BCUT2D eigenvalue weighted by atomic mass is 16.3. The summed E-state index contributed by atoms with van der Waals surface area (Å²) < 4.78 is 3.33. The Balaban J connectivity index is 2.10. The Morgan fingerprint density at radius 1 is 1.15 bits per heavy atom. The summed E-state index contributed by atoms with van der Waals surface area (Å²) in [5.74, 6) is 1.16. The highest BCUT2D eigenvalue weighted by molar-refractivity contribution is 5.86. The van der Waals surface area contributed by atoms with Crippen molar-refractivity contribution in [2.24, 2.45) is 14.1 Å². The molecule has 0 aliphatic rings. The van der Waals surface area contributed by atoms with Gasteiger partial charge in [-0.25, -0.2) is 9.78 Å². The van der Waals surface area contributed by atoms with Crippen LogP contribution in [0, 0.1) is 0 Å². The molecule has 0 fully saturated rings. The standard InChI is InChI=1S/C19H23N5O2/c1-4-14(12-25)20-17-16-18(24(3)19(26)22-17)21-15(23(16)2)11-10-13-8-6-5-7-9-13/h5-11,14,25H,4,12H2,1-3H3,(H,20,22,26)/b11-10+. The molecule has 136 valence electrons. The van der Waals surface area contributed by atoms with Gasteiger partial charge in [0.25, 0.3) is 0 Å². The summed E-state index contributed by atoms with van der Waals surface area (Å²) >= 11 is 0. The normalized spacial score (nSPS) is 12.8. The third kappa shape index (κ3) is 3.39. The van der Waals surface area contributed by atoms with Crippen molar-refractivity contribution in [1.82, 2.24) is 19.1 Å². The van der Waals surface area contributed by atoms with Gasteiger partial charge in [0.2, 0.25) is 0 Å². The topological polar surface area (TPSA) is 85.0 Å². The predicted octanol–water partition coefficient (Wildman–Crippen LogP) is 2.02. The fourth-order valence-electron chi connectivity index (χ4n) is 2.77. The van der Waals surface area contributed by atoms with Crippen molar-refractivity contribution in [3.05, 3.63) is 52.2 Å². The van der Waals surface area contributed by atoms with E-state index in [1.165, 1.54) is 4.57 Å². The Kier molecular flexibility index (Phi) is 5.18. The monoisotopic (exact) mass is 353 g/mol. The summed E-state index contributed by atoms with van der Waals surface area (Å²) in [7, 11) is 3.54. The van der Waals surface area contributed by atoms with Crippen LogP contribution in [-0.2, 0) is 14.1 Å². The minimum absolute atomic E-state index is 0.0342. The van der Waals surface area contributed by atoms with Gasteiger partial charge in [-0.05, 0) is 18.1 Å². The first-order chi connectivity index (χ1) is 12.5. The van der Waals surface area contributed by atoms with Crippen LogP contribution in [0.5, 0.6) is 0 Å². The molecule has 0 spiro atoms. The third-order valence-electron chi connectivity index (χ3n) is 4.43. The molecule has 7 nitrogen and oxygen atoms in total. The number of anilines is 1. The van der Waals surface area contributed by atoms with Crippen LogP contribution in [0.25, 0.3) is 23.3 Å². The van der Waals surface area contributed by atoms with Gasteiger partial charge in [-0.1, -0.05) is 43.3 Å². The molecule has 1 unspecified atom stereocenters. The summed E-state index contributed by atoms with van der Waals surface area (Å²) in [6, 6.07) is 9.77. The Hall–Kier alpha value is -2.93. The van der Waals surface area contributed by atoms with Crippen molar-refractivity contribution in [3.63, 3.8) is 0 Å².